The number of fused-ring (bicyclic) bond motifs is 1. The fourth-order valence-electron chi connectivity index (χ4n) is 4.84. The molecule has 5 rings (SSSR count). The number of piperazine rings is 1. The minimum absolute atomic E-state index is 0.143. The standard InChI is InChI=1S/C28H26N4O3/c29-26-25(27(33)22-8-4-5-9-23(22)28(26)34)24(30-35)18-19-10-12-21(13-11-19)32-16-14-31(15-17-32)20-6-2-1-3-7-20/h1-2,4-6,8-13,18H,3,7,14-17,29H2/b24-18-. The highest BCUT2D eigenvalue weighted by Crippen LogP contribution is 2.30. The zero-order chi connectivity index (χ0) is 24.4. The molecular formula is C28H26N4O3. The van der Waals surface area contributed by atoms with Gasteiger partial charge >= 0.3 is 0 Å². The van der Waals surface area contributed by atoms with Crippen LogP contribution in [-0.4, -0.2) is 42.6 Å². The highest BCUT2D eigenvalue weighted by Gasteiger charge is 2.33. The molecule has 1 fully saturated rings. The van der Waals surface area contributed by atoms with Crippen LogP contribution in [0.25, 0.3) is 6.08 Å². The Bertz CT molecular complexity index is 1310. The van der Waals surface area contributed by atoms with Gasteiger partial charge in [-0.1, -0.05) is 48.6 Å². The summed E-state index contributed by atoms with van der Waals surface area (Å²) in [4.78, 5) is 42.2. The zero-order valence-electron chi connectivity index (χ0n) is 19.3. The number of rotatable bonds is 5. The summed E-state index contributed by atoms with van der Waals surface area (Å²) in [6.07, 6.45) is 10.3. The van der Waals surface area contributed by atoms with Gasteiger partial charge in [0.2, 0.25) is 5.78 Å². The molecule has 0 saturated carbocycles. The van der Waals surface area contributed by atoms with Crippen LogP contribution in [0.4, 0.5) is 5.69 Å². The van der Waals surface area contributed by atoms with Crippen LogP contribution in [-0.2, 0) is 0 Å². The van der Waals surface area contributed by atoms with Gasteiger partial charge in [-0.15, -0.1) is 4.91 Å². The predicted molar refractivity (Wildman–Crippen MR) is 137 cm³/mol. The molecule has 0 atom stereocenters. The number of anilines is 1. The molecule has 1 saturated heterocycles. The fourth-order valence-corrected chi connectivity index (χ4v) is 4.84. The van der Waals surface area contributed by atoms with E-state index < -0.39 is 11.6 Å². The van der Waals surface area contributed by atoms with E-state index in [1.165, 1.54) is 11.8 Å². The van der Waals surface area contributed by atoms with Gasteiger partial charge in [-0.05, 0) is 47.9 Å². The lowest BCUT2D eigenvalue weighted by atomic mass is 9.85. The molecule has 0 radical (unpaired) electrons. The molecule has 0 amide bonds. The maximum atomic E-state index is 13.0. The molecule has 0 aromatic heterocycles. The summed E-state index contributed by atoms with van der Waals surface area (Å²) in [5, 5.41) is 3.05. The summed E-state index contributed by atoms with van der Waals surface area (Å²) in [7, 11) is 0. The Labute approximate surface area is 203 Å². The van der Waals surface area contributed by atoms with Crippen LogP contribution >= 0.6 is 0 Å². The van der Waals surface area contributed by atoms with Crippen LogP contribution in [0.1, 0.15) is 39.1 Å². The van der Waals surface area contributed by atoms with E-state index in [4.69, 9.17) is 5.73 Å². The van der Waals surface area contributed by atoms with E-state index in [9.17, 15) is 14.5 Å². The van der Waals surface area contributed by atoms with Crippen molar-refractivity contribution < 1.29 is 9.59 Å². The lowest BCUT2D eigenvalue weighted by Crippen LogP contribution is -2.45. The Kier molecular flexibility index (Phi) is 6.14. The molecule has 7 heteroatoms. The smallest absolute Gasteiger partial charge is 0.210 e. The number of hydrogen-bond donors (Lipinski definition) is 1. The first-order chi connectivity index (χ1) is 17.1. The summed E-state index contributed by atoms with van der Waals surface area (Å²) in [5.74, 6) is -0.944. The van der Waals surface area contributed by atoms with Gasteiger partial charge < -0.3 is 15.5 Å². The van der Waals surface area contributed by atoms with E-state index in [0.717, 1.165) is 44.7 Å². The van der Waals surface area contributed by atoms with E-state index in [1.54, 1.807) is 24.3 Å². The third-order valence-corrected chi connectivity index (χ3v) is 6.75. The molecule has 0 unspecified atom stereocenters. The predicted octanol–water partition coefficient (Wildman–Crippen LogP) is 4.44. The summed E-state index contributed by atoms with van der Waals surface area (Å²) < 4.78 is 0. The Morgan fingerprint density at radius 1 is 0.886 bits per heavy atom. The molecule has 176 valence electrons. The van der Waals surface area contributed by atoms with Crippen LogP contribution in [0.5, 0.6) is 0 Å². The number of hydrogen-bond acceptors (Lipinski definition) is 7. The van der Waals surface area contributed by atoms with Gasteiger partial charge in [-0.2, -0.15) is 0 Å². The molecule has 2 aliphatic carbocycles. The molecule has 2 N–H and O–H groups in total. The first-order valence-electron chi connectivity index (χ1n) is 11.8. The van der Waals surface area contributed by atoms with Gasteiger partial charge in [0.25, 0.3) is 0 Å². The van der Waals surface area contributed by atoms with Crippen molar-refractivity contribution in [2.75, 3.05) is 31.1 Å². The Morgan fingerprint density at radius 3 is 2.17 bits per heavy atom. The summed E-state index contributed by atoms with van der Waals surface area (Å²) in [5.41, 5.74) is 9.12. The molecule has 3 aliphatic rings. The molecule has 0 spiro atoms. The lowest BCUT2D eigenvalue weighted by molar-refractivity contribution is 0.0975. The van der Waals surface area contributed by atoms with Crippen molar-refractivity contribution in [3.05, 3.63) is 111 Å². The highest BCUT2D eigenvalue weighted by molar-refractivity contribution is 6.28. The van der Waals surface area contributed by atoms with Crippen molar-refractivity contribution in [2.45, 2.75) is 12.8 Å². The highest BCUT2D eigenvalue weighted by atomic mass is 16.3. The van der Waals surface area contributed by atoms with Gasteiger partial charge in [0.15, 0.2) is 5.78 Å². The third kappa shape index (κ3) is 4.33. The topological polar surface area (TPSA) is 96.1 Å². The lowest BCUT2D eigenvalue weighted by Gasteiger charge is -2.39. The molecule has 1 aliphatic heterocycles. The zero-order valence-corrected chi connectivity index (χ0v) is 19.3. The minimum atomic E-state index is -0.473. The van der Waals surface area contributed by atoms with Gasteiger partial charge in [0, 0.05) is 48.7 Å². The molecule has 0 bridgehead atoms. The van der Waals surface area contributed by atoms with Crippen molar-refractivity contribution >= 4 is 23.3 Å². The van der Waals surface area contributed by atoms with Crippen LogP contribution in [0.2, 0.25) is 0 Å². The number of nitroso groups, excluding NO2 is 1. The van der Waals surface area contributed by atoms with Gasteiger partial charge in [0.1, 0.15) is 5.70 Å². The fraction of sp³-hybridized carbons (Fsp3) is 0.214. The van der Waals surface area contributed by atoms with Crippen LogP contribution in [0.3, 0.4) is 0 Å². The van der Waals surface area contributed by atoms with Crippen LogP contribution in [0, 0.1) is 4.91 Å². The van der Waals surface area contributed by atoms with Crippen molar-refractivity contribution in [2.24, 2.45) is 10.9 Å². The van der Waals surface area contributed by atoms with E-state index in [2.05, 4.69) is 33.2 Å². The van der Waals surface area contributed by atoms with Crippen LogP contribution < -0.4 is 10.6 Å². The van der Waals surface area contributed by atoms with E-state index in [0.29, 0.717) is 5.56 Å². The summed E-state index contributed by atoms with van der Waals surface area (Å²) in [6.45, 7) is 3.81. The third-order valence-electron chi connectivity index (χ3n) is 6.75. The van der Waals surface area contributed by atoms with Gasteiger partial charge in [0.05, 0.1) is 11.3 Å². The van der Waals surface area contributed by atoms with Crippen molar-refractivity contribution in [1.29, 1.82) is 0 Å². The maximum Gasteiger partial charge on any atom is 0.210 e. The normalized spacial score (nSPS) is 18.5. The molecule has 7 nitrogen and oxygen atoms in total. The second-order valence-electron chi connectivity index (χ2n) is 8.80. The molecule has 2 aromatic rings. The van der Waals surface area contributed by atoms with Crippen molar-refractivity contribution in [3.8, 4) is 0 Å². The number of benzene rings is 2. The van der Waals surface area contributed by atoms with Gasteiger partial charge in [-0.3, -0.25) is 9.59 Å². The van der Waals surface area contributed by atoms with Crippen LogP contribution in [0.15, 0.2) is 94.6 Å². The number of carbonyl (C=O) groups is 2. The number of allylic oxidation sites excluding steroid dienone is 6. The molecule has 1 heterocycles. The van der Waals surface area contributed by atoms with Crippen molar-refractivity contribution in [1.82, 2.24) is 4.90 Å². The van der Waals surface area contributed by atoms with E-state index in [-0.39, 0.29) is 28.1 Å². The van der Waals surface area contributed by atoms with E-state index in [1.807, 2.05) is 24.3 Å². The maximum absolute atomic E-state index is 13.0. The van der Waals surface area contributed by atoms with E-state index >= 15 is 0 Å². The summed E-state index contributed by atoms with van der Waals surface area (Å²) >= 11 is 0. The first-order valence-corrected chi connectivity index (χ1v) is 11.8. The Balaban J connectivity index is 1.33. The molecule has 2 aromatic carbocycles. The second kappa shape index (κ2) is 9.54. The Hall–Kier alpha value is -4.26. The average molecular weight is 467 g/mol. The first kappa shape index (κ1) is 22.5. The summed E-state index contributed by atoms with van der Waals surface area (Å²) in [6, 6.07) is 14.2. The minimum Gasteiger partial charge on any atom is -0.395 e. The SMILES string of the molecule is NC1=C(/C(=C/c2ccc(N3CCN(C4=CC=CCC4)CC3)cc2)N=O)C(=O)c2ccccc2C1=O. The number of ketones is 2. The average Bonchev–Trinajstić information content (AvgIpc) is 2.92. The number of nitrogens with zero attached hydrogens (tertiary/aromatic N) is 3. The molecule has 35 heavy (non-hydrogen) atoms. The Morgan fingerprint density at radius 2 is 1.54 bits per heavy atom. The quantitative estimate of drug-likeness (QED) is 0.655. The number of Topliss-reactive ketones (excluding diaryl/α,β-unsaturated/α-hetero) is 2. The number of carbonyl (C=O) groups excluding carboxylic acids is 2. The number of nitrogens with two attached hydrogens (primary N) is 1. The molecular weight excluding hydrogens is 440 g/mol. The largest absolute Gasteiger partial charge is 0.395 e. The van der Waals surface area contributed by atoms with Gasteiger partial charge in [-0.25, -0.2) is 0 Å². The van der Waals surface area contributed by atoms with Crippen molar-refractivity contribution in [3.63, 3.8) is 0 Å². The second-order valence-corrected chi connectivity index (χ2v) is 8.80. The monoisotopic (exact) mass is 466 g/mol.